The summed E-state index contributed by atoms with van der Waals surface area (Å²) in [6, 6.07) is 4.97. The standard InChI is InChI=1S/C24H27F2N3O3S2/c1-32-16-3-5-21-17(12-16)22(20(26)13-28-21)19(25)4-2-15-6-8-29(14-18(15)23(30)31)9-11-34-24-27-7-10-33-24/h3,5,7,10,12-13,15,18-19H,2,4,6,8-9,11,14H2,1H3,(H,30,31)/t15?,18?,19-/m1/s1. The molecule has 3 atom stereocenters. The Kier molecular flexibility index (Phi) is 8.33. The zero-order valence-electron chi connectivity index (χ0n) is 18.8. The molecule has 1 N–H and O–H groups in total. The Bertz CT molecular complexity index is 1120. The number of hydrogen-bond acceptors (Lipinski definition) is 7. The van der Waals surface area contributed by atoms with E-state index in [9.17, 15) is 14.3 Å². The van der Waals surface area contributed by atoms with Crippen molar-refractivity contribution < 1.29 is 23.4 Å². The van der Waals surface area contributed by atoms with Crippen LogP contribution in [0.25, 0.3) is 10.9 Å². The number of methoxy groups -OCH3 is 1. The van der Waals surface area contributed by atoms with E-state index < -0.39 is 23.9 Å². The van der Waals surface area contributed by atoms with Gasteiger partial charge in [0.2, 0.25) is 0 Å². The van der Waals surface area contributed by atoms with E-state index in [0.29, 0.717) is 36.0 Å². The molecule has 2 unspecified atom stereocenters. The van der Waals surface area contributed by atoms with Crippen molar-refractivity contribution in [2.24, 2.45) is 11.8 Å². The quantitative estimate of drug-likeness (QED) is 0.366. The predicted octanol–water partition coefficient (Wildman–Crippen LogP) is 5.44. The van der Waals surface area contributed by atoms with Gasteiger partial charge in [0, 0.05) is 41.4 Å². The largest absolute Gasteiger partial charge is 0.497 e. The molecule has 4 rings (SSSR count). The number of nitrogens with zero attached hydrogens (tertiary/aromatic N) is 3. The second-order valence-corrected chi connectivity index (χ2v) is 10.6. The molecule has 0 radical (unpaired) electrons. The Hall–Kier alpha value is -2.30. The minimum atomic E-state index is -1.56. The number of halogens is 2. The van der Waals surface area contributed by atoms with E-state index in [-0.39, 0.29) is 17.9 Å². The van der Waals surface area contributed by atoms with Gasteiger partial charge in [-0.15, -0.1) is 11.3 Å². The maximum atomic E-state index is 15.3. The number of benzene rings is 1. The number of carboxylic acid groups (broad SMARTS) is 1. The number of pyridine rings is 1. The molecule has 0 spiro atoms. The summed E-state index contributed by atoms with van der Waals surface area (Å²) in [5.74, 6) is -0.929. The van der Waals surface area contributed by atoms with Gasteiger partial charge in [-0.3, -0.25) is 9.78 Å². The molecule has 1 aromatic carbocycles. The smallest absolute Gasteiger partial charge is 0.308 e. The monoisotopic (exact) mass is 507 g/mol. The Balaban J connectivity index is 1.38. The van der Waals surface area contributed by atoms with Gasteiger partial charge in [0.1, 0.15) is 22.1 Å². The highest BCUT2D eigenvalue weighted by Crippen LogP contribution is 2.36. The fourth-order valence-corrected chi connectivity index (χ4v) is 6.27. The molecule has 0 aliphatic carbocycles. The molecule has 6 nitrogen and oxygen atoms in total. The van der Waals surface area contributed by atoms with E-state index in [2.05, 4.69) is 14.9 Å². The van der Waals surface area contributed by atoms with Crippen LogP contribution in [0.4, 0.5) is 8.78 Å². The number of alkyl halides is 1. The number of ether oxygens (including phenoxy) is 1. The summed E-state index contributed by atoms with van der Waals surface area (Å²) in [5.41, 5.74) is 0.458. The summed E-state index contributed by atoms with van der Waals surface area (Å²) in [7, 11) is 1.50. The molecule has 1 aliphatic rings. The van der Waals surface area contributed by atoms with Crippen molar-refractivity contribution in [3.8, 4) is 5.75 Å². The number of thioether (sulfide) groups is 1. The van der Waals surface area contributed by atoms with Crippen molar-refractivity contribution >= 4 is 40.0 Å². The molecule has 0 saturated carbocycles. The van der Waals surface area contributed by atoms with Crippen LogP contribution in [0, 0.1) is 17.7 Å². The van der Waals surface area contributed by atoms with Crippen LogP contribution in [0.15, 0.2) is 40.3 Å². The lowest BCUT2D eigenvalue weighted by Gasteiger charge is -2.36. The minimum Gasteiger partial charge on any atom is -0.497 e. The zero-order valence-corrected chi connectivity index (χ0v) is 20.5. The lowest BCUT2D eigenvalue weighted by Crippen LogP contribution is -2.44. The second kappa shape index (κ2) is 11.4. The highest BCUT2D eigenvalue weighted by molar-refractivity contribution is 8.01. The van der Waals surface area contributed by atoms with Gasteiger partial charge in [0.05, 0.1) is 24.7 Å². The van der Waals surface area contributed by atoms with Crippen LogP contribution in [0.1, 0.15) is 31.0 Å². The van der Waals surface area contributed by atoms with Gasteiger partial charge in [-0.25, -0.2) is 13.8 Å². The number of aromatic nitrogens is 2. The zero-order chi connectivity index (χ0) is 24.1. The minimum absolute atomic E-state index is 0.0348. The SMILES string of the molecule is COc1ccc2ncc(F)c([C@H](F)CCC3CCN(CCSc4nccs4)CC3C(=O)O)c2c1. The molecule has 182 valence electrons. The van der Waals surface area contributed by atoms with E-state index in [0.717, 1.165) is 29.4 Å². The fraction of sp³-hybridized carbons (Fsp3) is 0.458. The first kappa shape index (κ1) is 24.8. The van der Waals surface area contributed by atoms with Crippen molar-refractivity contribution in [1.29, 1.82) is 0 Å². The van der Waals surface area contributed by atoms with E-state index in [1.807, 2.05) is 5.38 Å². The Morgan fingerprint density at radius 3 is 3.00 bits per heavy atom. The van der Waals surface area contributed by atoms with Crippen molar-refractivity contribution in [2.75, 3.05) is 32.5 Å². The Morgan fingerprint density at radius 2 is 2.26 bits per heavy atom. The number of thiazole rings is 1. The highest BCUT2D eigenvalue weighted by Gasteiger charge is 2.34. The average molecular weight is 508 g/mol. The lowest BCUT2D eigenvalue weighted by molar-refractivity contribution is -0.146. The van der Waals surface area contributed by atoms with Crippen LogP contribution in [-0.4, -0.2) is 58.4 Å². The summed E-state index contributed by atoms with van der Waals surface area (Å²) in [6.07, 6.45) is 2.38. The molecular formula is C24H27F2N3O3S2. The average Bonchev–Trinajstić information content (AvgIpc) is 3.36. The molecule has 0 amide bonds. The molecule has 0 bridgehead atoms. The van der Waals surface area contributed by atoms with Gasteiger partial charge in [0.15, 0.2) is 0 Å². The van der Waals surface area contributed by atoms with Crippen molar-refractivity contribution in [1.82, 2.24) is 14.9 Å². The van der Waals surface area contributed by atoms with E-state index in [4.69, 9.17) is 4.74 Å². The Morgan fingerprint density at radius 1 is 1.41 bits per heavy atom. The molecule has 3 heterocycles. The fourth-order valence-electron chi connectivity index (χ4n) is 4.56. The summed E-state index contributed by atoms with van der Waals surface area (Å²) in [5, 5.41) is 12.1. The molecular weight excluding hydrogens is 480 g/mol. The molecule has 10 heteroatoms. The Labute approximate surface area is 205 Å². The van der Waals surface area contributed by atoms with Crippen LogP contribution in [0.5, 0.6) is 5.75 Å². The van der Waals surface area contributed by atoms with Gasteiger partial charge >= 0.3 is 5.97 Å². The van der Waals surface area contributed by atoms with Crippen LogP contribution in [-0.2, 0) is 4.79 Å². The normalized spacial score (nSPS) is 19.9. The molecule has 34 heavy (non-hydrogen) atoms. The third kappa shape index (κ3) is 5.84. The van der Waals surface area contributed by atoms with Gasteiger partial charge in [-0.2, -0.15) is 0 Å². The second-order valence-electron chi connectivity index (χ2n) is 8.39. The topological polar surface area (TPSA) is 75.5 Å². The maximum Gasteiger partial charge on any atom is 0.308 e. The number of fused-ring (bicyclic) bond motifs is 1. The summed E-state index contributed by atoms with van der Waals surface area (Å²) in [4.78, 5) is 22.4. The molecule has 1 fully saturated rings. The number of carboxylic acids is 1. The third-order valence-corrected chi connectivity index (χ3v) is 8.32. The summed E-state index contributed by atoms with van der Waals surface area (Å²) >= 11 is 3.26. The van der Waals surface area contributed by atoms with Crippen molar-refractivity contribution in [2.45, 2.75) is 29.8 Å². The summed E-state index contributed by atoms with van der Waals surface area (Å²) < 4.78 is 36.2. The van der Waals surface area contributed by atoms with E-state index in [1.54, 1.807) is 47.5 Å². The lowest BCUT2D eigenvalue weighted by atomic mass is 9.81. The predicted molar refractivity (Wildman–Crippen MR) is 130 cm³/mol. The molecule has 1 saturated heterocycles. The number of carbonyl (C=O) groups is 1. The van der Waals surface area contributed by atoms with Gasteiger partial charge in [-0.05, 0) is 49.9 Å². The molecule has 1 aliphatic heterocycles. The van der Waals surface area contributed by atoms with Gasteiger partial charge in [-0.1, -0.05) is 11.8 Å². The van der Waals surface area contributed by atoms with Crippen LogP contribution in [0.2, 0.25) is 0 Å². The van der Waals surface area contributed by atoms with Crippen LogP contribution < -0.4 is 4.74 Å². The number of piperidine rings is 1. The first-order valence-corrected chi connectivity index (χ1v) is 13.1. The number of likely N-dealkylation sites (tertiary alicyclic amines) is 1. The first-order chi connectivity index (χ1) is 16.5. The van der Waals surface area contributed by atoms with Crippen molar-refractivity contribution in [3.63, 3.8) is 0 Å². The third-order valence-electron chi connectivity index (χ3n) is 6.37. The van der Waals surface area contributed by atoms with E-state index in [1.165, 1.54) is 7.11 Å². The number of rotatable bonds is 10. The summed E-state index contributed by atoms with van der Waals surface area (Å²) in [6.45, 7) is 2.00. The van der Waals surface area contributed by atoms with E-state index >= 15 is 4.39 Å². The van der Waals surface area contributed by atoms with Crippen molar-refractivity contribution in [3.05, 3.63) is 47.4 Å². The number of aliphatic carboxylic acids is 1. The molecule has 3 aromatic rings. The first-order valence-electron chi connectivity index (χ1n) is 11.2. The highest BCUT2D eigenvalue weighted by atomic mass is 32.2. The van der Waals surface area contributed by atoms with Gasteiger partial charge in [0.25, 0.3) is 0 Å². The molecule has 2 aromatic heterocycles. The maximum absolute atomic E-state index is 15.3. The van der Waals surface area contributed by atoms with Gasteiger partial charge < -0.3 is 14.7 Å². The van der Waals surface area contributed by atoms with Crippen LogP contribution >= 0.6 is 23.1 Å². The number of hydrogen-bond donors (Lipinski definition) is 1. The van der Waals surface area contributed by atoms with Crippen LogP contribution in [0.3, 0.4) is 0 Å².